The highest BCUT2D eigenvalue weighted by atomic mass is 35.5. The Morgan fingerprint density at radius 2 is 2.38 bits per heavy atom. The Kier molecular flexibility index (Phi) is 3.36. The first-order valence-electron chi connectivity index (χ1n) is 5.71. The first kappa shape index (κ1) is 11.7. The second-order valence-electron chi connectivity index (χ2n) is 4.53. The Labute approximate surface area is 101 Å². The van der Waals surface area contributed by atoms with Crippen molar-refractivity contribution in [2.75, 3.05) is 0 Å². The molecule has 16 heavy (non-hydrogen) atoms. The third kappa shape index (κ3) is 2.30. The molecule has 0 spiro atoms. The van der Waals surface area contributed by atoms with Crippen LogP contribution in [0.4, 0.5) is 0 Å². The van der Waals surface area contributed by atoms with Crippen LogP contribution in [0.1, 0.15) is 30.7 Å². The van der Waals surface area contributed by atoms with E-state index in [9.17, 15) is 0 Å². The molecule has 2 rings (SSSR count). The molecule has 0 saturated heterocycles. The molecular weight excluding hydrogens is 222 g/mol. The molecule has 1 aromatic heterocycles. The summed E-state index contributed by atoms with van der Waals surface area (Å²) in [5.74, 6) is 0. The van der Waals surface area contributed by atoms with Crippen LogP contribution in [0.5, 0.6) is 0 Å². The van der Waals surface area contributed by atoms with Crippen LogP contribution in [-0.4, -0.2) is 15.8 Å². The minimum Gasteiger partial charge on any atom is -0.324 e. The van der Waals surface area contributed by atoms with Crippen molar-refractivity contribution in [3.8, 4) is 0 Å². The summed E-state index contributed by atoms with van der Waals surface area (Å²) in [6, 6.07) is 0.219. The van der Waals surface area contributed by atoms with Crippen LogP contribution in [0.2, 0.25) is 5.02 Å². The fraction of sp³-hybridized carbons (Fsp3) is 0.583. The van der Waals surface area contributed by atoms with Gasteiger partial charge in [0.15, 0.2) is 0 Å². The molecule has 0 saturated carbocycles. The van der Waals surface area contributed by atoms with Crippen molar-refractivity contribution in [2.45, 2.75) is 38.6 Å². The van der Waals surface area contributed by atoms with E-state index in [-0.39, 0.29) is 6.04 Å². The first-order valence-corrected chi connectivity index (χ1v) is 6.09. The van der Waals surface area contributed by atoms with Gasteiger partial charge in [-0.25, -0.2) is 0 Å². The molecule has 0 amide bonds. The molecule has 1 heterocycles. The molecule has 4 heteroatoms. The number of hydrogen-bond acceptors (Lipinski definition) is 2. The number of halogens is 1. The zero-order valence-corrected chi connectivity index (χ0v) is 10.6. The van der Waals surface area contributed by atoms with Crippen molar-refractivity contribution in [1.82, 2.24) is 9.78 Å². The highest BCUT2D eigenvalue weighted by molar-refractivity contribution is 6.31. The Morgan fingerprint density at radius 1 is 1.62 bits per heavy atom. The predicted octanol–water partition coefficient (Wildman–Crippen LogP) is 2.36. The molecule has 1 aliphatic rings. The SMILES string of the molecule is Cc1nn(C)c(CC2=CC(N)CCC2)c1Cl. The molecule has 0 fully saturated rings. The quantitative estimate of drug-likeness (QED) is 0.806. The van der Waals surface area contributed by atoms with Crippen LogP contribution >= 0.6 is 11.6 Å². The van der Waals surface area contributed by atoms with E-state index in [2.05, 4.69) is 11.2 Å². The van der Waals surface area contributed by atoms with Gasteiger partial charge in [0.2, 0.25) is 0 Å². The molecule has 0 bridgehead atoms. The lowest BCUT2D eigenvalue weighted by Crippen LogP contribution is -2.21. The smallest absolute Gasteiger partial charge is 0.0850 e. The molecule has 1 aliphatic carbocycles. The van der Waals surface area contributed by atoms with Crippen molar-refractivity contribution < 1.29 is 0 Å². The number of nitrogens with two attached hydrogens (primary N) is 1. The van der Waals surface area contributed by atoms with E-state index in [4.69, 9.17) is 17.3 Å². The summed E-state index contributed by atoms with van der Waals surface area (Å²) in [5, 5.41) is 5.12. The molecule has 0 aromatic carbocycles. The van der Waals surface area contributed by atoms with Gasteiger partial charge >= 0.3 is 0 Å². The molecule has 1 unspecified atom stereocenters. The topological polar surface area (TPSA) is 43.8 Å². The summed E-state index contributed by atoms with van der Waals surface area (Å²) in [5.41, 5.74) is 9.32. The van der Waals surface area contributed by atoms with Crippen molar-refractivity contribution >= 4 is 11.6 Å². The van der Waals surface area contributed by atoms with E-state index >= 15 is 0 Å². The zero-order chi connectivity index (χ0) is 11.7. The third-order valence-corrected chi connectivity index (χ3v) is 3.63. The lowest BCUT2D eigenvalue weighted by Gasteiger charge is -2.17. The molecule has 0 aliphatic heterocycles. The second kappa shape index (κ2) is 4.60. The normalized spacial score (nSPS) is 21.0. The van der Waals surface area contributed by atoms with Crippen LogP contribution in [0.15, 0.2) is 11.6 Å². The maximum Gasteiger partial charge on any atom is 0.0850 e. The molecular formula is C12H18ClN3. The molecule has 2 N–H and O–H groups in total. The van der Waals surface area contributed by atoms with E-state index in [1.54, 1.807) is 0 Å². The van der Waals surface area contributed by atoms with Gasteiger partial charge in [-0.1, -0.05) is 23.3 Å². The minimum atomic E-state index is 0.219. The summed E-state index contributed by atoms with van der Waals surface area (Å²) in [6.45, 7) is 1.94. The number of hydrogen-bond donors (Lipinski definition) is 1. The Morgan fingerprint density at radius 3 is 2.94 bits per heavy atom. The number of nitrogens with zero attached hydrogens (tertiary/aromatic N) is 2. The lowest BCUT2D eigenvalue weighted by atomic mass is 9.93. The van der Waals surface area contributed by atoms with Gasteiger partial charge < -0.3 is 5.73 Å². The fourth-order valence-corrected chi connectivity index (χ4v) is 2.50. The largest absolute Gasteiger partial charge is 0.324 e. The average molecular weight is 240 g/mol. The molecule has 1 aromatic rings. The number of aryl methyl sites for hydroxylation is 2. The van der Waals surface area contributed by atoms with E-state index in [1.807, 2.05) is 18.7 Å². The predicted molar refractivity (Wildman–Crippen MR) is 66.6 cm³/mol. The minimum absolute atomic E-state index is 0.219. The van der Waals surface area contributed by atoms with Gasteiger partial charge in [0, 0.05) is 19.5 Å². The number of aromatic nitrogens is 2. The summed E-state index contributed by atoms with van der Waals surface area (Å²) in [7, 11) is 1.94. The van der Waals surface area contributed by atoms with Crippen molar-refractivity contribution in [2.24, 2.45) is 12.8 Å². The Balaban J connectivity index is 2.20. The van der Waals surface area contributed by atoms with Gasteiger partial charge in [-0.05, 0) is 26.2 Å². The van der Waals surface area contributed by atoms with Crippen LogP contribution in [-0.2, 0) is 13.5 Å². The maximum absolute atomic E-state index is 6.23. The Hall–Kier alpha value is -0.800. The van der Waals surface area contributed by atoms with Gasteiger partial charge in [0.05, 0.1) is 16.4 Å². The van der Waals surface area contributed by atoms with Crippen LogP contribution in [0.3, 0.4) is 0 Å². The van der Waals surface area contributed by atoms with Crippen LogP contribution < -0.4 is 5.73 Å². The highest BCUT2D eigenvalue weighted by Gasteiger charge is 2.15. The Bertz CT molecular complexity index is 420. The van der Waals surface area contributed by atoms with Crippen molar-refractivity contribution in [3.63, 3.8) is 0 Å². The lowest BCUT2D eigenvalue weighted by molar-refractivity contribution is 0.609. The second-order valence-corrected chi connectivity index (χ2v) is 4.91. The molecule has 1 atom stereocenters. The summed E-state index contributed by atoms with van der Waals surface area (Å²) in [6.07, 6.45) is 6.48. The van der Waals surface area contributed by atoms with E-state index in [1.165, 1.54) is 12.0 Å². The zero-order valence-electron chi connectivity index (χ0n) is 9.83. The maximum atomic E-state index is 6.23. The van der Waals surface area contributed by atoms with Crippen molar-refractivity contribution in [1.29, 1.82) is 0 Å². The first-order chi connectivity index (χ1) is 7.58. The summed E-state index contributed by atoms with van der Waals surface area (Å²) >= 11 is 6.23. The average Bonchev–Trinajstić information content (AvgIpc) is 2.45. The standard InChI is InChI=1S/C12H18ClN3/c1-8-12(13)11(16(2)15-8)7-9-4-3-5-10(14)6-9/h6,10H,3-5,7,14H2,1-2H3. The van der Waals surface area contributed by atoms with Crippen LogP contribution in [0, 0.1) is 6.92 Å². The number of allylic oxidation sites excluding steroid dienone is 1. The van der Waals surface area contributed by atoms with E-state index in [0.717, 1.165) is 35.7 Å². The fourth-order valence-electron chi connectivity index (χ4n) is 2.27. The summed E-state index contributed by atoms with van der Waals surface area (Å²) < 4.78 is 1.87. The molecule has 88 valence electrons. The molecule has 3 nitrogen and oxygen atoms in total. The monoisotopic (exact) mass is 239 g/mol. The van der Waals surface area contributed by atoms with Crippen LogP contribution in [0.25, 0.3) is 0 Å². The summed E-state index contributed by atoms with van der Waals surface area (Å²) in [4.78, 5) is 0. The van der Waals surface area contributed by atoms with E-state index in [0.29, 0.717) is 0 Å². The van der Waals surface area contributed by atoms with Crippen molar-refractivity contribution in [3.05, 3.63) is 28.1 Å². The highest BCUT2D eigenvalue weighted by Crippen LogP contribution is 2.26. The van der Waals surface area contributed by atoms with Gasteiger partial charge in [0.1, 0.15) is 0 Å². The number of rotatable bonds is 2. The van der Waals surface area contributed by atoms with Gasteiger partial charge in [-0.3, -0.25) is 4.68 Å². The third-order valence-electron chi connectivity index (χ3n) is 3.14. The van der Waals surface area contributed by atoms with E-state index < -0.39 is 0 Å². The molecule has 0 radical (unpaired) electrons. The van der Waals surface area contributed by atoms with Gasteiger partial charge in [0.25, 0.3) is 0 Å². The van der Waals surface area contributed by atoms with Gasteiger partial charge in [-0.15, -0.1) is 0 Å². The van der Waals surface area contributed by atoms with Gasteiger partial charge in [-0.2, -0.15) is 5.10 Å².